The Hall–Kier alpha value is -1.42. The van der Waals surface area contributed by atoms with Gasteiger partial charge in [0.2, 0.25) is 0 Å². The van der Waals surface area contributed by atoms with E-state index in [1.54, 1.807) is 18.5 Å². The van der Waals surface area contributed by atoms with Gasteiger partial charge >= 0.3 is 0 Å². The molecule has 1 aliphatic carbocycles. The Morgan fingerprint density at radius 1 is 1.50 bits per heavy atom. The van der Waals surface area contributed by atoms with E-state index in [-0.39, 0.29) is 5.60 Å². The summed E-state index contributed by atoms with van der Waals surface area (Å²) >= 11 is 0. The van der Waals surface area contributed by atoms with Crippen molar-refractivity contribution in [3.63, 3.8) is 0 Å². The molecule has 0 bridgehead atoms. The number of anilines is 1. The summed E-state index contributed by atoms with van der Waals surface area (Å²) in [6.07, 6.45) is 6.60. The normalized spacial score (nSPS) is 22.1. The molecule has 3 rings (SSSR count). The lowest BCUT2D eigenvalue weighted by atomic mass is 10.2. The molecule has 2 fully saturated rings. The van der Waals surface area contributed by atoms with Crippen LogP contribution in [0.15, 0.2) is 18.5 Å². The van der Waals surface area contributed by atoms with Crippen molar-refractivity contribution >= 4 is 12.0 Å². The number of aldehydes is 1. The minimum atomic E-state index is 0.0776. The third kappa shape index (κ3) is 1.59. The van der Waals surface area contributed by atoms with Gasteiger partial charge in [-0.05, 0) is 18.9 Å². The summed E-state index contributed by atoms with van der Waals surface area (Å²) in [4.78, 5) is 17.3. The number of nitrogens with zero attached hydrogens (tertiary/aromatic N) is 2. The zero-order valence-electron chi connectivity index (χ0n) is 9.06. The SMILES string of the molecule is O=Cc1ccncc1N1CCOC2(CC2)C1. The van der Waals surface area contributed by atoms with E-state index in [0.29, 0.717) is 5.56 Å². The molecular weight excluding hydrogens is 204 g/mol. The van der Waals surface area contributed by atoms with Gasteiger partial charge < -0.3 is 9.64 Å². The van der Waals surface area contributed by atoms with Crippen molar-refractivity contribution in [1.29, 1.82) is 0 Å². The first-order valence-electron chi connectivity index (χ1n) is 5.61. The lowest BCUT2D eigenvalue weighted by Gasteiger charge is -2.35. The van der Waals surface area contributed by atoms with Gasteiger partial charge in [0.25, 0.3) is 0 Å². The minimum Gasteiger partial charge on any atom is -0.371 e. The molecule has 0 N–H and O–H groups in total. The monoisotopic (exact) mass is 218 g/mol. The van der Waals surface area contributed by atoms with E-state index in [9.17, 15) is 4.79 Å². The maximum atomic E-state index is 11.0. The number of hydrogen-bond donors (Lipinski definition) is 0. The number of pyridine rings is 1. The minimum absolute atomic E-state index is 0.0776. The Bertz CT molecular complexity index is 415. The number of ether oxygens (including phenoxy) is 1. The van der Waals surface area contributed by atoms with Gasteiger partial charge in [0.05, 0.1) is 24.1 Å². The molecule has 1 aromatic rings. The average molecular weight is 218 g/mol. The molecule has 0 unspecified atom stereocenters. The molecule has 0 amide bonds. The zero-order valence-corrected chi connectivity index (χ0v) is 9.06. The molecule has 2 aliphatic rings. The maximum absolute atomic E-state index is 11.0. The summed E-state index contributed by atoms with van der Waals surface area (Å²) in [6.45, 7) is 2.47. The van der Waals surface area contributed by atoms with Crippen LogP contribution in [-0.2, 0) is 4.74 Å². The molecule has 1 aliphatic heterocycles. The highest BCUT2D eigenvalue weighted by molar-refractivity contribution is 5.84. The first-order valence-corrected chi connectivity index (χ1v) is 5.61. The Morgan fingerprint density at radius 2 is 2.38 bits per heavy atom. The lowest BCUT2D eigenvalue weighted by Crippen LogP contribution is -2.44. The number of carbonyl (C=O) groups excluding carboxylic acids is 1. The van der Waals surface area contributed by atoms with Crippen molar-refractivity contribution in [2.24, 2.45) is 0 Å². The van der Waals surface area contributed by atoms with E-state index >= 15 is 0 Å². The summed E-state index contributed by atoms with van der Waals surface area (Å²) in [5.41, 5.74) is 1.73. The van der Waals surface area contributed by atoms with Crippen molar-refractivity contribution < 1.29 is 9.53 Å². The topological polar surface area (TPSA) is 42.4 Å². The Kier molecular flexibility index (Phi) is 2.17. The van der Waals surface area contributed by atoms with Gasteiger partial charge in [-0.2, -0.15) is 0 Å². The van der Waals surface area contributed by atoms with Crippen molar-refractivity contribution in [3.8, 4) is 0 Å². The van der Waals surface area contributed by atoms with Gasteiger partial charge in [-0.25, -0.2) is 0 Å². The largest absolute Gasteiger partial charge is 0.371 e. The second-order valence-corrected chi connectivity index (χ2v) is 4.51. The van der Waals surface area contributed by atoms with E-state index in [0.717, 1.165) is 44.5 Å². The van der Waals surface area contributed by atoms with E-state index in [2.05, 4.69) is 9.88 Å². The predicted molar refractivity (Wildman–Crippen MR) is 59.8 cm³/mol. The van der Waals surface area contributed by atoms with E-state index in [4.69, 9.17) is 4.74 Å². The van der Waals surface area contributed by atoms with Gasteiger partial charge in [0.15, 0.2) is 6.29 Å². The molecule has 0 atom stereocenters. The van der Waals surface area contributed by atoms with E-state index < -0.39 is 0 Å². The molecule has 4 heteroatoms. The maximum Gasteiger partial charge on any atom is 0.152 e. The van der Waals surface area contributed by atoms with Crippen LogP contribution in [0.4, 0.5) is 5.69 Å². The molecule has 0 aromatic carbocycles. The first-order chi connectivity index (χ1) is 7.83. The van der Waals surface area contributed by atoms with Crippen LogP contribution in [0.25, 0.3) is 0 Å². The van der Waals surface area contributed by atoms with Gasteiger partial charge in [-0.3, -0.25) is 9.78 Å². The van der Waals surface area contributed by atoms with Crippen LogP contribution in [0.5, 0.6) is 0 Å². The predicted octanol–water partition coefficient (Wildman–Crippen LogP) is 1.26. The van der Waals surface area contributed by atoms with Crippen LogP contribution in [0.3, 0.4) is 0 Å². The molecule has 84 valence electrons. The van der Waals surface area contributed by atoms with Crippen molar-refractivity contribution in [3.05, 3.63) is 24.0 Å². The van der Waals surface area contributed by atoms with Crippen molar-refractivity contribution in [1.82, 2.24) is 4.98 Å². The zero-order chi connectivity index (χ0) is 11.0. The van der Waals surface area contributed by atoms with Crippen molar-refractivity contribution in [2.75, 3.05) is 24.6 Å². The fraction of sp³-hybridized carbons (Fsp3) is 0.500. The second kappa shape index (κ2) is 3.56. The number of morpholine rings is 1. The van der Waals surface area contributed by atoms with E-state index in [1.807, 2.05) is 0 Å². The Labute approximate surface area is 94.2 Å². The molecule has 0 radical (unpaired) electrons. The standard InChI is InChI=1S/C12H14N2O2/c15-8-10-1-4-13-7-11(10)14-5-6-16-12(9-14)2-3-12/h1,4,7-8H,2-3,5-6,9H2. The highest BCUT2D eigenvalue weighted by atomic mass is 16.5. The van der Waals surface area contributed by atoms with Gasteiger partial charge in [0, 0.05) is 24.8 Å². The molecule has 16 heavy (non-hydrogen) atoms. The number of rotatable bonds is 2. The molecular formula is C12H14N2O2. The van der Waals surface area contributed by atoms with Crippen LogP contribution in [0, 0.1) is 0 Å². The third-order valence-electron chi connectivity index (χ3n) is 3.36. The molecule has 1 saturated carbocycles. The first kappa shape index (κ1) is 9.78. The molecule has 4 nitrogen and oxygen atoms in total. The summed E-state index contributed by atoms with van der Waals surface area (Å²) in [5.74, 6) is 0. The van der Waals surface area contributed by atoms with Crippen LogP contribution in [0.1, 0.15) is 23.2 Å². The van der Waals surface area contributed by atoms with Crippen LogP contribution in [-0.4, -0.2) is 36.6 Å². The van der Waals surface area contributed by atoms with Gasteiger partial charge in [-0.15, -0.1) is 0 Å². The molecule has 1 aromatic heterocycles. The fourth-order valence-electron chi connectivity index (χ4n) is 2.25. The summed E-state index contributed by atoms with van der Waals surface area (Å²) in [5, 5.41) is 0. The van der Waals surface area contributed by atoms with Gasteiger partial charge in [0.1, 0.15) is 0 Å². The quantitative estimate of drug-likeness (QED) is 0.701. The highest BCUT2D eigenvalue weighted by Crippen LogP contribution is 2.43. The number of carbonyl (C=O) groups is 1. The number of hydrogen-bond acceptors (Lipinski definition) is 4. The smallest absolute Gasteiger partial charge is 0.152 e. The summed E-state index contributed by atoms with van der Waals surface area (Å²) < 4.78 is 5.75. The number of aromatic nitrogens is 1. The van der Waals surface area contributed by atoms with Gasteiger partial charge in [-0.1, -0.05) is 0 Å². The third-order valence-corrected chi connectivity index (χ3v) is 3.36. The molecule has 1 spiro atoms. The second-order valence-electron chi connectivity index (χ2n) is 4.51. The van der Waals surface area contributed by atoms with Crippen LogP contribution >= 0.6 is 0 Å². The Morgan fingerprint density at radius 3 is 3.12 bits per heavy atom. The Balaban J connectivity index is 1.88. The lowest BCUT2D eigenvalue weighted by molar-refractivity contribution is 0.0205. The average Bonchev–Trinajstić information content (AvgIpc) is 3.08. The molecule has 1 saturated heterocycles. The van der Waals surface area contributed by atoms with Crippen LogP contribution < -0.4 is 4.90 Å². The highest BCUT2D eigenvalue weighted by Gasteiger charge is 2.47. The van der Waals surface area contributed by atoms with Crippen molar-refractivity contribution in [2.45, 2.75) is 18.4 Å². The van der Waals surface area contributed by atoms with Crippen LogP contribution in [0.2, 0.25) is 0 Å². The van der Waals surface area contributed by atoms with E-state index in [1.165, 1.54) is 0 Å². The molecule has 2 heterocycles. The fourth-order valence-corrected chi connectivity index (χ4v) is 2.25. The summed E-state index contributed by atoms with van der Waals surface area (Å²) in [6, 6.07) is 1.76. The summed E-state index contributed by atoms with van der Waals surface area (Å²) in [7, 11) is 0.